The fraction of sp³-hybridized carbons (Fsp3) is 0.250. The van der Waals surface area contributed by atoms with Crippen molar-refractivity contribution in [1.82, 2.24) is 0 Å². The molecule has 7 aromatic carbocycles. The number of halogens is 15. The van der Waals surface area contributed by atoms with Crippen LogP contribution in [0.15, 0.2) is 181 Å². The van der Waals surface area contributed by atoms with E-state index in [9.17, 15) is 33.6 Å². The first kappa shape index (κ1) is 95.9. The van der Waals surface area contributed by atoms with Gasteiger partial charge in [0.15, 0.2) is 0 Å². The van der Waals surface area contributed by atoms with Crippen molar-refractivity contribution in [2.45, 2.75) is 112 Å². The molecule has 0 fully saturated rings. The number of hydrogen-bond acceptors (Lipinski definition) is 13. The number of carbonyl (C=O) groups excluding carboxylic acids is 5. The molecule has 1 amide bonds. The van der Waals surface area contributed by atoms with Crippen LogP contribution in [0.4, 0.5) is 10.0 Å². The number of amides is 1. The van der Waals surface area contributed by atoms with Crippen molar-refractivity contribution < 1.29 is 53.2 Å². The number of carboxylic acid groups (broad SMARTS) is 2. The van der Waals surface area contributed by atoms with E-state index in [0.29, 0.717) is 69.1 Å². The molecule has 31 heteroatoms. The van der Waals surface area contributed by atoms with Crippen LogP contribution in [0.1, 0.15) is 90.1 Å². The average Bonchev–Trinajstić information content (AvgIpc) is 1.67. The molecule has 0 bridgehead atoms. The number of nitrogens with one attached hydrogen (secondary N) is 1. The summed E-state index contributed by atoms with van der Waals surface area (Å²) in [5, 5.41) is 24.4. The van der Waals surface area contributed by atoms with Crippen molar-refractivity contribution in [1.29, 1.82) is 0 Å². The molecule has 2 heterocycles. The molecule has 7 N–H and O–H groups in total. The zero-order valence-corrected chi connectivity index (χ0v) is 70.6. The number of ether oxygens (including phenoxy) is 2. The second-order valence-corrected chi connectivity index (χ2v) is 32.4. The molecule has 5 unspecified atom stereocenters. The van der Waals surface area contributed by atoms with Crippen LogP contribution in [0.2, 0.25) is 35.2 Å². The number of alkyl halides is 6. The van der Waals surface area contributed by atoms with E-state index in [1.807, 2.05) is 105 Å². The van der Waals surface area contributed by atoms with Gasteiger partial charge < -0.3 is 36.5 Å². The SMILES string of the molecule is CC(C)(C)OC(=O)c1c(-c2ccc(Cl)cc2)csc1N.CC(C)(C)OC(=O)c1c(-c2ccc(Cl)cc2)csc1NC(=O)C(Cl)Cc1ccccc1Cl.ClCCl.NC(Cc1ccccc1Cl)C(=O)O.O=C(Cl)C(Cl)Cc1ccccc1Cl.O=C(Cl)C(Cl)Cc1ccccc1Cl.O=C(O)C(Cl)Cc1ccccc1Cl. The number of hydrogen-bond donors (Lipinski definition) is 5. The Balaban J connectivity index is 0.000000345. The summed E-state index contributed by atoms with van der Waals surface area (Å²) in [5.74, 6) is -3.40. The first-order valence-corrected chi connectivity index (χ1v) is 39.4. The van der Waals surface area contributed by atoms with E-state index in [2.05, 4.69) is 5.32 Å². The van der Waals surface area contributed by atoms with Crippen LogP contribution in [0.25, 0.3) is 22.3 Å². The highest BCUT2D eigenvalue weighted by Gasteiger charge is 2.29. The van der Waals surface area contributed by atoms with Crippen molar-refractivity contribution in [2.75, 3.05) is 16.4 Å². The van der Waals surface area contributed by atoms with E-state index in [1.165, 1.54) is 22.7 Å². The Morgan fingerprint density at radius 2 is 0.720 bits per heavy atom. The number of nitrogens with two attached hydrogens (primary N) is 2. The quantitative estimate of drug-likeness (QED) is 0.0271. The molecule has 574 valence electrons. The van der Waals surface area contributed by atoms with E-state index < -0.39 is 79.0 Å². The predicted octanol–water partition coefficient (Wildman–Crippen LogP) is 23.9. The van der Waals surface area contributed by atoms with Gasteiger partial charge >= 0.3 is 23.9 Å². The van der Waals surface area contributed by atoms with Crippen LogP contribution in [0.3, 0.4) is 0 Å². The summed E-state index contributed by atoms with van der Waals surface area (Å²) in [5.41, 5.74) is 17.8. The lowest BCUT2D eigenvalue weighted by Gasteiger charge is -2.20. The Morgan fingerprint density at radius 1 is 0.430 bits per heavy atom. The maximum absolute atomic E-state index is 13.0. The maximum Gasteiger partial charge on any atom is 0.342 e. The number of nitrogen functional groups attached to an aromatic ring is 1. The van der Waals surface area contributed by atoms with Crippen LogP contribution in [0, 0.1) is 0 Å². The van der Waals surface area contributed by atoms with E-state index in [1.54, 1.807) is 117 Å². The van der Waals surface area contributed by atoms with Gasteiger partial charge in [-0.1, -0.05) is 196 Å². The summed E-state index contributed by atoms with van der Waals surface area (Å²) in [6.45, 7) is 10.8. The van der Waals surface area contributed by atoms with Crippen LogP contribution in [0.5, 0.6) is 0 Å². The highest BCUT2D eigenvalue weighted by atomic mass is 35.5. The highest BCUT2D eigenvalue weighted by molar-refractivity contribution is 7.15. The average molecular weight is 1800 g/mol. The molecular weight excluding hydrogens is 1730 g/mol. The molecule has 9 rings (SSSR count). The highest BCUT2D eigenvalue weighted by Crippen LogP contribution is 2.39. The van der Waals surface area contributed by atoms with Gasteiger partial charge in [-0.3, -0.25) is 24.0 Å². The van der Waals surface area contributed by atoms with Crippen molar-refractivity contribution in [3.8, 4) is 22.3 Å². The smallest absolute Gasteiger partial charge is 0.342 e. The van der Waals surface area contributed by atoms with Gasteiger partial charge in [0, 0.05) is 63.5 Å². The van der Waals surface area contributed by atoms with Crippen molar-refractivity contribution in [3.63, 3.8) is 0 Å². The summed E-state index contributed by atoms with van der Waals surface area (Å²) >= 11 is 87.3. The van der Waals surface area contributed by atoms with Gasteiger partial charge in [0.25, 0.3) is 0 Å². The van der Waals surface area contributed by atoms with Gasteiger partial charge in [-0.15, -0.1) is 92.3 Å². The largest absolute Gasteiger partial charge is 0.480 e. The van der Waals surface area contributed by atoms with Crippen LogP contribution in [-0.4, -0.2) is 94.6 Å². The number of esters is 2. The molecule has 0 radical (unpaired) electrons. The summed E-state index contributed by atoms with van der Waals surface area (Å²) in [6.07, 6.45) is 1.49. The molecule has 107 heavy (non-hydrogen) atoms. The molecule has 9 aromatic rings. The van der Waals surface area contributed by atoms with Gasteiger partial charge in [0.05, 0.1) is 5.34 Å². The molecular formula is C76H72Cl15N3O11S2. The van der Waals surface area contributed by atoms with Gasteiger partial charge in [0.2, 0.25) is 16.4 Å². The number of anilines is 2. The van der Waals surface area contributed by atoms with E-state index in [0.717, 1.165) is 44.5 Å². The molecule has 0 aliphatic heterocycles. The van der Waals surface area contributed by atoms with E-state index >= 15 is 0 Å². The first-order valence-electron chi connectivity index (χ1n) is 31.4. The third-order valence-electron chi connectivity index (χ3n) is 13.6. The lowest BCUT2D eigenvalue weighted by Crippen LogP contribution is -2.32. The molecule has 0 aliphatic rings. The molecule has 14 nitrogen and oxygen atoms in total. The van der Waals surface area contributed by atoms with Gasteiger partial charge in [-0.2, -0.15) is 0 Å². The molecule has 5 atom stereocenters. The molecule has 2 aromatic heterocycles. The maximum atomic E-state index is 13.0. The second kappa shape index (κ2) is 48.5. The van der Waals surface area contributed by atoms with Crippen molar-refractivity contribution in [2.24, 2.45) is 5.73 Å². The number of benzene rings is 7. The number of aliphatic carboxylic acids is 2. The normalized spacial score (nSPS) is 12.1. The number of thiophene rings is 2. The lowest BCUT2D eigenvalue weighted by molar-refractivity contribution is -0.138. The standard InChI is InChI=1S/C24H22Cl3NO3S.C15H16ClNO2S.2C9H7Cl3O.C9H8Cl2O2.C9H10ClNO2.CH2Cl2/c1-24(2,3)31-23(30)20-17(14-8-10-16(25)11-9-14)13-32-22(20)28-21(29)19(27)12-15-6-4-5-7-18(15)26;1-15(2,3)19-14(18)12-11(8-20-13(12)17)9-4-6-10(16)7-5-9;4*10-7-4-2-1-3-6(7)5-8(11)9(12)13;2-1-3/h4-11,13,19H,12H2,1-3H3,(H,28,29);4-8H,17H2,1-3H3;2*1-4,8H,5H2;1-4,8H,5H2,(H,12,13);1-4,8H,5,11H2,(H,12,13);1H2. The molecule has 0 saturated heterocycles. The second-order valence-electron chi connectivity index (χ2n) is 24.1. The summed E-state index contributed by atoms with van der Waals surface area (Å²) in [7, 11) is 0. The van der Waals surface area contributed by atoms with Gasteiger partial charge in [-0.25, -0.2) is 9.59 Å². The number of carboxylic acids is 2. The van der Waals surface area contributed by atoms with E-state index in [-0.39, 0.29) is 30.2 Å². The van der Waals surface area contributed by atoms with Crippen molar-refractivity contribution >= 4 is 247 Å². The van der Waals surface area contributed by atoms with Gasteiger partial charge in [0.1, 0.15) is 59.9 Å². The minimum atomic E-state index is -1.03. The summed E-state index contributed by atoms with van der Waals surface area (Å²) in [4.78, 5) is 80.3. The number of rotatable bonds is 20. The fourth-order valence-electron chi connectivity index (χ4n) is 8.52. The Labute approximate surface area is 704 Å². The van der Waals surface area contributed by atoms with Crippen LogP contribution >= 0.6 is 197 Å². The zero-order valence-electron chi connectivity index (χ0n) is 57.7. The Hall–Kier alpha value is -5.26. The Morgan fingerprint density at radius 3 is 1.03 bits per heavy atom. The summed E-state index contributed by atoms with van der Waals surface area (Å²) < 4.78 is 11.0. The first-order chi connectivity index (χ1) is 50.2. The molecule has 0 aliphatic carbocycles. The minimum Gasteiger partial charge on any atom is -0.480 e. The molecule has 0 spiro atoms. The Kier molecular flexibility index (Phi) is 43.5. The predicted molar refractivity (Wildman–Crippen MR) is 449 cm³/mol. The molecule has 0 saturated carbocycles. The Bertz CT molecular complexity index is 4110. The zero-order chi connectivity index (χ0) is 80.5. The topological polar surface area (TPSA) is 242 Å². The van der Waals surface area contributed by atoms with Crippen LogP contribution in [-0.2, 0) is 65.6 Å². The third kappa shape index (κ3) is 35.8. The fourth-order valence-corrected chi connectivity index (χ4v) is 12.5. The number of carbonyl (C=O) groups is 7. The summed E-state index contributed by atoms with van der Waals surface area (Å²) in [6, 6.07) is 49.3. The van der Waals surface area contributed by atoms with Gasteiger partial charge in [-0.05, 0) is 184 Å². The monoisotopic (exact) mass is 1790 g/mol. The van der Waals surface area contributed by atoms with Crippen LogP contribution < -0.4 is 16.8 Å². The van der Waals surface area contributed by atoms with E-state index in [4.69, 9.17) is 205 Å². The minimum absolute atomic E-state index is 0.194. The van der Waals surface area contributed by atoms with Crippen molar-refractivity contribution in [3.05, 3.63) is 255 Å². The lowest BCUT2D eigenvalue weighted by atomic mass is 10.0. The third-order valence-corrected chi connectivity index (χ3v) is 19.8.